The summed E-state index contributed by atoms with van der Waals surface area (Å²) in [5.74, 6) is 0. The number of hydrogen-bond donors (Lipinski definition) is 0. The van der Waals surface area contributed by atoms with Crippen molar-refractivity contribution in [2.45, 2.75) is 6.42 Å². The van der Waals surface area contributed by atoms with Gasteiger partial charge in [0.25, 0.3) is 0 Å². The summed E-state index contributed by atoms with van der Waals surface area (Å²) in [4.78, 5) is 9.61. The maximum Gasteiger partial charge on any atom is 0.0970 e. The van der Waals surface area contributed by atoms with Crippen LogP contribution in [-0.4, -0.2) is 9.97 Å². The number of pyridine rings is 2. The molecule has 0 fully saturated rings. The normalized spacial score (nSPS) is 12.6. The zero-order valence-corrected chi connectivity index (χ0v) is 28.9. The van der Waals surface area contributed by atoms with Crippen LogP contribution in [0.4, 0.5) is 0 Å². The summed E-state index contributed by atoms with van der Waals surface area (Å²) in [6.45, 7) is 0. The Labute approximate surface area is 307 Å². The molecular weight excluding hydrogens is 641 g/mol. The Morgan fingerprint density at radius 2 is 0.981 bits per heavy atom. The van der Waals surface area contributed by atoms with Crippen LogP contribution in [0.1, 0.15) is 16.7 Å². The summed E-state index contributed by atoms with van der Waals surface area (Å²) in [6, 6.07) is 60.0. The first-order chi connectivity index (χ1) is 26.3. The maximum atomic E-state index is 4.86. The minimum atomic E-state index is 0.878. The van der Waals surface area contributed by atoms with Crippen LogP contribution >= 0.6 is 0 Å². The summed E-state index contributed by atoms with van der Waals surface area (Å²) in [5, 5.41) is 9.66. The van der Waals surface area contributed by atoms with Crippen molar-refractivity contribution in [2.75, 3.05) is 0 Å². The molecule has 2 heterocycles. The molecular formula is C51H32N2. The predicted molar refractivity (Wildman–Crippen MR) is 223 cm³/mol. The molecule has 1 aliphatic rings. The first-order valence-corrected chi connectivity index (χ1v) is 18.3. The van der Waals surface area contributed by atoms with Crippen LogP contribution in [0.5, 0.6) is 0 Å². The highest BCUT2D eigenvalue weighted by molar-refractivity contribution is 6.25. The van der Waals surface area contributed by atoms with Gasteiger partial charge in [-0.1, -0.05) is 146 Å². The minimum Gasteiger partial charge on any atom is -0.254 e. The van der Waals surface area contributed by atoms with Gasteiger partial charge in [-0.15, -0.1) is 0 Å². The molecule has 246 valence electrons. The number of allylic oxidation sites excluding steroid dienone is 1. The minimum absolute atomic E-state index is 0.878. The van der Waals surface area contributed by atoms with Crippen molar-refractivity contribution in [2.24, 2.45) is 0 Å². The second-order valence-electron chi connectivity index (χ2n) is 14.0. The zero-order chi connectivity index (χ0) is 34.9. The van der Waals surface area contributed by atoms with E-state index in [1.54, 1.807) is 0 Å². The molecule has 1 aliphatic carbocycles. The third-order valence-corrected chi connectivity index (χ3v) is 11.2. The fraction of sp³-hybridized carbons (Fsp3) is 0.0196. The summed E-state index contributed by atoms with van der Waals surface area (Å²) in [7, 11) is 0. The molecule has 0 bridgehead atoms. The average molecular weight is 673 g/mol. The molecule has 11 rings (SSSR count). The molecule has 0 spiro atoms. The van der Waals surface area contributed by atoms with Crippen molar-refractivity contribution in [3.8, 4) is 33.4 Å². The smallest absolute Gasteiger partial charge is 0.0970 e. The van der Waals surface area contributed by atoms with E-state index in [-0.39, 0.29) is 0 Å². The van der Waals surface area contributed by atoms with E-state index in [0.29, 0.717) is 0 Å². The lowest BCUT2D eigenvalue weighted by Crippen LogP contribution is -1.95. The molecule has 0 aliphatic heterocycles. The highest BCUT2D eigenvalue weighted by Crippen LogP contribution is 2.47. The molecule has 0 radical (unpaired) electrons. The van der Waals surface area contributed by atoms with E-state index in [1.807, 2.05) is 24.5 Å². The van der Waals surface area contributed by atoms with Gasteiger partial charge in [0, 0.05) is 23.2 Å². The Kier molecular flexibility index (Phi) is 6.65. The summed E-state index contributed by atoms with van der Waals surface area (Å²) in [6.07, 6.45) is 7.04. The van der Waals surface area contributed by atoms with Crippen LogP contribution in [0.15, 0.2) is 182 Å². The first kappa shape index (κ1) is 29.8. The van der Waals surface area contributed by atoms with Crippen LogP contribution in [0.25, 0.3) is 93.1 Å². The van der Waals surface area contributed by atoms with Crippen molar-refractivity contribution >= 4 is 59.7 Å². The maximum absolute atomic E-state index is 4.86. The Morgan fingerprint density at radius 1 is 0.358 bits per heavy atom. The number of nitrogens with zero attached hydrogens (tertiary/aromatic N) is 2. The van der Waals surface area contributed by atoms with Crippen LogP contribution in [0.3, 0.4) is 0 Å². The van der Waals surface area contributed by atoms with Crippen molar-refractivity contribution < 1.29 is 0 Å². The van der Waals surface area contributed by atoms with Gasteiger partial charge in [0.05, 0.1) is 11.0 Å². The lowest BCUT2D eigenvalue weighted by atomic mass is 9.83. The highest BCUT2D eigenvalue weighted by Gasteiger charge is 2.22. The molecule has 53 heavy (non-hydrogen) atoms. The van der Waals surface area contributed by atoms with Crippen molar-refractivity contribution in [1.82, 2.24) is 9.97 Å². The Balaban J connectivity index is 1.17. The van der Waals surface area contributed by atoms with Crippen LogP contribution in [0.2, 0.25) is 0 Å². The predicted octanol–water partition coefficient (Wildman–Crippen LogP) is 13.2. The highest BCUT2D eigenvalue weighted by atomic mass is 14.7. The Morgan fingerprint density at radius 3 is 1.79 bits per heavy atom. The van der Waals surface area contributed by atoms with E-state index < -0.39 is 0 Å². The van der Waals surface area contributed by atoms with E-state index in [9.17, 15) is 0 Å². The molecule has 0 amide bonds. The Bertz CT molecular complexity index is 3090. The molecule has 0 atom stereocenters. The molecule has 8 aromatic carbocycles. The van der Waals surface area contributed by atoms with Crippen molar-refractivity contribution in [3.05, 3.63) is 199 Å². The van der Waals surface area contributed by atoms with Gasteiger partial charge in [-0.25, -0.2) is 0 Å². The van der Waals surface area contributed by atoms with Crippen molar-refractivity contribution in [3.63, 3.8) is 0 Å². The third kappa shape index (κ3) is 4.59. The van der Waals surface area contributed by atoms with Crippen LogP contribution in [0, 0.1) is 0 Å². The molecule has 2 heteroatoms. The lowest BCUT2D eigenvalue weighted by molar-refractivity contribution is 1.29. The molecule has 0 saturated heterocycles. The number of fused-ring (bicyclic) bond motifs is 10. The monoisotopic (exact) mass is 672 g/mol. The van der Waals surface area contributed by atoms with Crippen LogP contribution < -0.4 is 0 Å². The second-order valence-corrected chi connectivity index (χ2v) is 14.0. The quantitative estimate of drug-likeness (QED) is 0.138. The van der Waals surface area contributed by atoms with Gasteiger partial charge in [0.1, 0.15) is 0 Å². The second kappa shape index (κ2) is 11.8. The van der Waals surface area contributed by atoms with E-state index in [4.69, 9.17) is 9.97 Å². The number of aromatic nitrogens is 2. The van der Waals surface area contributed by atoms with E-state index in [0.717, 1.165) is 28.2 Å². The summed E-state index contributed by atoms with van der Waals surface area (Å²) < 4.78 is 0. The average Bonchev–Trinajstić information content (AvgIpc) is 3.40. The van der Waals surface area contributed by atoms with Gasteiger partial charge < -0.3 is 0 Å². The van der Waals surface area contributed by atoms with Gasteiger partial charge in [0.15, 0.2) is 0 Å². The standard InChI is InChI=1S/C51H32N2/c1-3-17-38-32(12-1)24-26-37(44-27-25-33-13-2-4-18-39(33)48(38)44)34-14-9-15-35(30-34)47-40-19-5-7-21-42(40)49(43-22-8-6-20-41(43)47)46-31-36-16-10-28-52-50(36)51-45(46)23-11-29-53-51/h1-23,25-31H,24H2. The summed E-state index contributed by atoms with van der Waals surface area (Å²) >= 11 is 0. The summed E-state index contributed by atoms with van der Waals surface area (Å²) in [5.41, 5.74) is 14.5. The van der Waals surface area contributed by atoms with Crippen LogP contribution in [-0.2, 0) is 6.42 Å². The first-order valence-electron chi connectivity index (χ1n) is 18.3. The SMILES string of the molecule is C1=C(c2cccc(-c3c4ccccc4c(-c4cc5cccnc5c5ncccc45)c4ccccc34)c2)c2ccc3ccccc3c2-c2ccccc2C1. The van der Waals surface area contributed by atoms with Gasteiger partial charge in [0.2, 0.25) is 0 Å². The van der Waals surface area contributed by atoms with Gasteiger partial charge >= 0.3 is 0 Å². The lowest BCUT2D eigenvalue weighted by Gasteiger charge is -2.20. The van der Waals surface area contributed by atoms with Crippen molar-refractivity contribution in [1.29, 1.82) is 0 Å². The topological polar surface area (TPSA) is 25.8 Å². The molecule has 0 N–H and O–H groups in total. The van der Waals surface area contributed by atoms with Gasteiger partial charge in [-0.2, -0.15) is 0 Å². The number of rotatable bonds is 3. The molecule has 0 unspecified atom stereocenters. The molecule has 2 aromatic heterocycles. The zero-order valence-electron chi connectivity index (χ0n) is 28.9. The number of benzene rings is 8. The Hall–Kier alpha value is -6.90. The van der Waals surface area contributed by atoms with Gasteiger partial charge in [-0.3, -0.25) is 9.97 Å². The fourth-order valence-corrected chi connectivity index (χ4v) is 8.88. The molecule has 2 nitrogen and oxygen atoms in total. The van der Waals surface area contributed by atoms with E-state index in [2.05, 4.69) is 158 Å². The van der Waals surface area contributed by atoms with E-state index in [1.165, 1.54) is 88.0 Å². The van der Waals surface area contributed by atoms with E-state index >= 15 is 0 Å². The molecule has 0 saturated carbocycles. The largest absolute Gasteiger partial charge is 0.254 e. The molecule has 10 aromatic rings. The van der Waals surface area contributed by atoms with Gasteiger partial charge in [-0.05, 0) is 119 Å². The third-order valence-electron chi connectivity index (χ3n) is 11.2. The number of hydrogen-bond acceptors (Lipinski definition) is 2. The fourth-order valence-electron chi connectivity index (χ4n) is 8.88.